The maximum Gasteiger partial charge on any atom is 0.272 e. The molecular weight excluding hydrogens is 233 g/mol. The molecule has 5 heteroatoms. The Labute approximate surface area is 103 Å². The maximum absolute atomic E-state index is 13.5. The van der Waals surface area contributed by atoms with Gasteiger partial charge in [-0.1, -0.05) is 13.8 Å². The third kappa shape index (κ3) is 1.58. The second-order valence-electron chi connectivity index (χ2n) is 5.07. The third-order valence-electron chi connectivity index (χ3n) is 3.49. The van der Waals surface area contributed by atoms with Crippen molar-refractivity contribution in [2.24, 2.45) is 5.92 Å². The van der Waals surface area contributed by atoms with E-state index >= 15 is 0 Å². The van der Waals surface area contributed by atoms with Gasteiger partial charge in [0.05, 0.1) is 11.1 Å². The largest absolute Gasteiger partial charge is 0.381 e. The smallest absolute Gasteiger partial charge is 0.272 e. The number of hydrogen-bond acceptors (Lipinski definition) is 3. The molecule has 0 saturated heterocycles. The summed E-state index contributed by atoms with van der Waals surface area (Å²) >= 11 is 0. The number of hydrogen-bond donors (Lipinski definition) is 2. The molecule has 2 heterocycles. The number of halogens is 1. The van der Waals surface area contributed by atoms with Gasteiger partial charge in [-0.15, -0.1) is 0 Å². The van der Waals surface area contributed by atoms with Gasteiger partial charge in [-0.3, -0.25) is 4.79 Å². The van der Waals surface area contributed by atoms with Crippen molar-refractivity contribution >= 4 is 16.5 Å². The van der Waals surface area contributed by atoms with Gasteiger partial charge in [0.15, 0.2) is 0 Å². The van der Waals surface area contributed by atoms with Crippen molar-refractivity contribution in [1.82, 2.24) is 10.2 Å². The molecule has 4 nitrogen and oxygen atoms in total. The average Bonchev–Trinajstić information content (AvgIpc) is 2.32. The van der Waals surface area contributed by atoms with Crippen LogP contribution in [-0.4, -0.2) is 16.2 Å². The second kappa shape index (κ2) is 3.80. The van der Waals surface area contributed by atoms with Crippen LogP contribution in [0, 0.1) is 11.7 Å². The minimum Gasteiger partial charge on any atom is -0.381 e. The molecule has 2 aromatic rings. The van der Waals surface area contributed by atoms with Gasteiger partial charge < -0.3 is 5.32 Å². The van der Waals surface area contributed by atoms with E-state index in [1.54, 1.807) is 0 Å². The maximum atomic E-state index is 13.5. The van der Waals surface area contributed by atoms with E-state index in [9.17, 15) is 9.18 Å². The van der Waals surface area contributed by atoms with Gasteiger partial charge in [0, 0.05) is 23.5 Å². The van der Waals surface area contributed by atoms with Crippen molar-refractivity contribution in [2.45, 2.75) is 26.3 Å². The van der Waals surface area contributed by atoms with Crippen LogP contribution >= 0.6 is 0 Å². The summed E-state index contributed by atoms with van der Waals surface area (Å²) in [6, 6.07) is 2.91. The van der Waals surface area contributed by atoms with Crippen LogP contribution in [0.1, 0.15) is 19.5 Å². The van der Waals surface area contributed by atoms with Crippen molar-refractivity contribution in [3.63, 3.8) is 0 Å². The van der Waals surface area contributed by atoms with Gasteiger partial charge in [-0.25, -0.2) is 9.49 Å². The minimum absolute atomic E-state index is 0.209. The van der Waals surface area contributed by atoms with Gasteiger partial charge in [-0.2, -0.15) is 5.10 Å². The predicted octanol–water partition coefficient (Wildman–Crippen LogP) is 2.05. The molecule has 1 aromatic carbocycles. The molecule has 0 bridgehead atoms. The highest BCUT2D eigenvalue weighted by Crippen LogP contribution is 2.32. The van der Waals surface area contributed by atoms with E-state index in [-0.39, 0.29) is 11.6 Å². The molecule has 2 N–H and O–H groups in total. The van der Waals surface area contributed by atoms with Crippen LogP contribution in [0.4, 0.5) is 10.1 Å². The van der Waals surface area contributed by atoms with Gasteiger partial charge in [0.2, 0.25) is 0 Å². The second-order valence-corrected chi connectivity index (χ2v) is 5.07. The number of nitrogens with zero attached hydrogens (tertiary/aromatic N) is 1. The molecule has 1 atom stereocenters. The molecule has 3 rings (SSSR count). The Bertz CT molecular complexity index is 678. The van der Waals surface area contributed by atoms with Crippen LogP contribution in [0.2, 0.25) is 0 Å². The summed E-state index contributed by atoms with van der Waals surface area (Å²) in [5.74, 6) is 0.00208. The summed E-state index contributed by atoms with van der Waals surface area (Å²) in [7, 11) is 0. The van der Waals surface area contributed by atoms with Crippen LogP contribution in [0.25, 0.3) is 10.8 Å². The number of benzene rings is 1. The van der Waals surface area contributed by atoms with Crippen LogP contribution in [0.5, 0.6) is 0 Å². The van der Waals surface area contributed by atoms with Crippen LogP contribution in [0.15, 0.2) is 16.9 Å². The van der Waals surface area contributed by atoms with E-state index in [4.69, 9.17) is 0 Å². The first-order chi connectivity index (χ1) is 8.56. The van der Waals surface area contributed by atoms with Crippen molar-refractivity contribution in [2.75, 3.05) is 5.32 Å². The number of anilines is 1. The fraction of sp³-hybridized carbons (Fsp3) is 0.385. The van der Waals surface area contributed by atoms with Gasteiger partial charge >= 0.3 is 0 Å². The number of aromatic nitrogens is 2. The lowest BCUT2D eigenvalue weighted by Gasteiger charge is -2.29. The highest BCUT2D eigenvalue weighted by atomic mass is 19.1. The van der Waals surface area contributed by atoms with E-state index in [1.165, 1.54) is 12.1 Å². The quantitative estimate of drug-likeness (QED) is 0.811. The Morgan fingerprint density at radius 3 is 2.94 bits per heavy atom. The molecule has 1 aromatic heterocycles. The highest BCUT2D eigenvalue weighted by Gasteiger charge is 2.24. The zero-order chi connectivity index (χ0) is 12.9. The van der Waals surface area contributed by atoms with Crippen molar-refractivity contribution in [3.8, 4) is 0 Å². The lowest BCUT2D eigenvalue weighted by molar-refractivity contribution is 0.511. The first kappa shape index (κ1) is 11.2. The molecule has 0 radical (unpaired) electrons. The van der Waals surface area contributed by atoms with Crippen LogP contribution in [-0.2, 0) is 6.42 Å². The molecule has 94 valence electrons. The molecule has 0 fully saturated rings. The molecule has 1 aliphatic rings. The Morgan fingerprint density at radius 2 is 2.22 bits per heavy atom. The highest BCUT2D eigenvalue weighted by molar-refractivity contribution is 5.96. The summed E-state index contributed by atoms with van der Waals surface area (Å²) in [6.07, 6.45) is 0.740. The number of nitrogens with one attached hydrogen (secondary N) is 2. The minimum atomic E-state index is -0.406. The van der Waals surface area contributed by atoms with Crippen LogP contribution < -0.4 is 10.9 Å². The average molecular weight is 247 g/mol. The van der Waals surface area contributed by atoms with E-state index in [1.807, 2.05) is 0 Å². The van der Waals surface area contributed by atoms with Gasteiger partial charge in [0.25, 0.3) is 5.56 Å². The van der Waals surface area contributed by atoms with Crippen LogP contribution in [0.3, 0.4) is 0 Å². The first-order valence-electron chi connectivity index (χ1n) is 6.03. The Morgan fingerprint density at radius 1 is 1.44 bits per heavy atom. The van der Waals surface area contributed by atoms with E-state index in [0.717, 1.165) is 17.5 Å². The summed E-state index contributed by atoms with van der Waals surface area (Å²) in [5.41, 5.74) is 1.15. The van der Waals surface area contributed by atoms with Crippen molar-refractivity contribution in [3.05, 3.63) is 34.0 Å². The zero-order valence-corrected chi connectivity index (χ0v) is 10.2. The Kier molecular flexibility index (Phi) is 2.36. The molecule has 0 saturated carbocycles. The summed E-state index contributed by atoms with van der Waals surface area (Å²) in [4.78, 5) is 11.7. The SMILES string of the molecule is CC(C)C1Cc2n[nH]c(=O)c3cc(F)cc(c23)N1. The lowest BCUT2D eigenvalue weighted by atomic mass is 9.92. The monoisotopic (exact) mass is 247 g/mol. The number of H-pyrrole nitrogens is 1. The Balaban J connectivity index is 2.30. The van der Waals surface area contributed by atoms with E-state index in [0.29, 0.717) is 17.0 Å². The lowest BCUT2D eigenvalue weighted by Crippen LogP contribution is -2.32. The molecule has 0 spiro atoms. The fourth-order valence-electron chi connectivity index (χ4n) is 2.45. The summed E-state index contributed by atoms with van der Waals surface area (Å²) < 4.78 is 13.5. The topological polar surface area (TPSA) is 57.8 Å². The normalized spacial score (nSPS) is 18.1. The molecule has 0 aliphatic carbocycles. The molecule has 18 heavy (non-hydrogen) atoms. The van der Waals surface area contributed by atoms with Crippen molar-refractivity contribution < 1.29 is 4.39 Å². The predicted molar refractivity (Wildman–Crippen MR) is 68.3 cm³/mol. The summed E-state index contributed by atoms with van der Waals surface area (Å²) in [5, 5.41) is 10.9. The van der Waals surface area contributed by atoms with Crippen molar-refractivity contribution in [1.29, 1.82) is 0 Å². The summed E-state index contributed by atoms with van der Waals surface area (Å²) in [6.45, 7) is 4.20. The third-order valence-corrected chi connectivity index (χ3v) is 3.49. The number of rotatable bonds is 1. The fourth-order valence-corrected chi connectivity index (χ4v) is 2.45. The molecule has 0 amide bonds. The zero-order valence-electron chi connectivity index (χ0n) is 10.2. The molecule has 1 unspecified atom stereocenters. The standard InChI is InChI=1S/C13H14FN3O/c1-6(2)9-5-11-12-8(13(18)17-16-11)3-7(14)4-10(12)15-9/h3-4,6,9,15H,5H2,1-2H3,(H,17,18). The molecule has 1 aliphatic heterocycles. The van der Waals surface area contributed by atoms with E-state index in [2.05, 4.69) is 29.4 Å². The first-order valence-corrected chi connectivity index (χ1v) is 6.03. The Hall–Kier alpha value is -1.91. The van der Waals surface area contributed by atoms with Gasteiger partial charge in [0.1, 0.15) is 5.82 Å². The number of aromatic amines is 1. The van der Waals surface area contributed by atoms with Gasteiger partial charge in [-0.05, 0) is 18.1 Å². The van der Waals surface area contributed by atoms with E-state index < -0.39 is 5.82 Å². The molecular formula is C13H14FN3O.